The van der Waals surface area contributed by atoms with Crippen LogP contribution in [-0.4, -0.2) is 11.0 Å². The lowest BCUT2D eigenvalue weighted by Gasteiger charge is -2.06. The van der Waals surface area contributed by atoms with Crippen molar-refractivity contribution in [2.45, 2.75) is 18.9 Å². The fourth-order valence-corrected chi connectivity index (χ4v) is 1.87. The third-order valence-corrected chi connectivity index (χ3v) is 2.64. The molecule has 1 atom stereocenters. The van der Waals surface area contributed by atoms with Gasteiger partial charge in [-0.05, 0) is 42.2 Å². The first-order chi connectivity index (χ1) is 7.20. The second-order valence-corrected chi connectivity index (χ2v) is 3.66. The highest BCUT2D eigenvalue weighted by Crippen LogP contribution is 2.32. The average molecular weight is 203 g/mol. The molecule has 1 aromatic carbocycles. The minimum Gasteiger partial charge on any atom is -0.388 e. The van der Waals surface area contributed by atoms with E-state index in [1.165, 1.54) is 6.08 Å². The highest BCUT2D eigenvalue weighted by Gasteiger charge is 2.19. The van der Waals surface area contributed by atoms with Crippen LogP contribution in [0.4, 0.5) is 5.69 Å². The molecule has 0 aliphatic heterocycles. The molecular formula is C12H13NO2. The van der Waals surface area contributed by atoms with Gasteiger partial charge in [0, 0.05) is 5.69 Å². The van der Waals surface area contributed by atoms with Crippen LogP contribution in [0.1, 0.15) is 23.7 Å². The molecule has 0 heterocycles. The van der Waals surface area contributed by atoms with Gasteiger partial charge in [0.15, 0.2) is 0 Å². The Morgan fingerprint density at radius 1 is 1.60 bits per heavy atom. The van der Waals surface area contributed by atoms with Crippen LogP contribution >= 0.6 is 0 Å². The summed E-state index contributed by atoms with van der Waals surface area (Å²) in [5.74, 6) is -0.214. The van der Waals surface area contributed by atoms with E-state index in [0.717, 1.165) is 29.7 Å². The Balaban J connectivity index is 2.23. The number of amides is 1. The number of rotatable bonds is 2. The molecule has 78 valence electrons. The molecule has 0 radical (unpaired) electrons. The van der Waals surface area contributed by atoms with Crippen LogP contribution in [-0.2, 0) is 11.2 Å². The number of benzene rings is 1. The van der Waals surface area contributed by atoms with Gasteiger partial charge in [0.05, 0.1) is 6.10 Å². The molecule has 2 rings (SSSR count). The number of aliphatic hydroxyl groups is 1. The summed E-state index contributed by atoms with van der Waals surface area (Å²) in [4.78, 5) is 11.1. The second-order valence-electron chi connectivity index (χ2n) is 3.66. The number of hydrogen-bond acceptors (Lipinski definition) is 2. The zero-order valence-corrected chi connectivity index (χ0v) is 8.36. The Kier molecular flexibility index (Phi) is 2.56. The maximum absolute atomic E-state index is 11.1. The lowest BCUT2D eigenvalue weighted by Crippen LogP contribution is -2.07. The quantitative estimate of drug-likeness (QED) is 0.720. The Hall–Kier alpha value is -1.61. The molecule has 1 aliphatic rings. The van der Waals surface area contributed by atoms with Crippen LogP contribution in [0.25, 0.3) is 0 Å². The van der Waals surface area contributed by atoms with Gasteiger partial charge in [0.25, 0.3) is 0 Å². The molecule has 2 N–H and O–H groups in total. The summed E-state index contributed by atoms with van der Waals surface area (Å²) in [6.45, 7) is 3.39. The van der Waals surface area contributed by atoms with E-state index in [-0.39, 0.29) is 12.0 Å². The maximum atomic E-state index is 11.1. The van der Waals surface area contributed by atoms with Crippen molar-refractivity contribution in [1.29, 1.82) is 0 Å². The minimum atomic E-state index is -0.343. The summed E-state index contributed by atoms with van der Waals surface area (Å²) in [6, 6.07) is 5.58. The molecular weight excluding hydrogens is 190 g/mol. The largest absolute Gasteiger partial charge is 0.388 e. The van der Waals surface area contributed by atoms with Crippen molar-refractivity contribution < 1.29 is 9.90 Å². The molecule has 3 nitrogen and oxygen atoms in total. The average Bonchev–Trinajstić information content (AvgIpc) is 2.60. The van der Waals surface area contributed by atoms with E-state index in [1.54, 1.807) is 6.07 Å². The van der Waals surface area contributed by atoms with Gasteiger partial charge in [-0.25, -0.2) is 0 Å². The van der Waals surface area contributed by atoms with Crippen LogP contribution in [0.15, 0.2) is 30.9 Å². The van der Waals surface area contributed by atoms with E-state index < -0.39 is 0 Å². The van der Waals surface area contributed by atoms with Crippen LogP contribution in [0, 0.1) is 0 Å². The van der Waals surface area contributed by atoms with Gasteiger partial charge < -0.3 is 10.4 Å². The number of carbonyl (C=O) groups is 1. The summed E-state index contributed by atoms with van der Waals surface area (Å²) >= 11 is 0. The molecule has 1 unspecified atom stereocenters. The van der Waals surface area contributed by atoms with Crippen molar-refractivity contribution in [3.8, 4) is 0 Å². The monoisotopic (exact) mass is 203 g/mol. The number of nitrogens with one attached hydrogen (secondary N) is 1. The number of fused-ring (bicyclic) bond motifs is 1. The normalized spacial score (nSPS) is 18.3. The first-order valence-corrected chi connectivity index (χ1v) is 4.95. The third-order valence-electron chi connectivity index (χ3n) is 2.64. The zero-order chi connectivity index (χ0) is 10.8. The summed E-state index contributed by atoms with van der Waals surface area (Å²) in [7, 11) is 0. The Morgan fingerprint density at radius 3 is 3.13 bits per heavy atom. The topological polar surface area (TPSA) is 49.3 Å². The van der Waals surface area contributed by atoms with Crippen LogP contribution in [0.5, 0.6) is 0 Å². The number of anilines is 1. The summed E-state index contributed by atoms with van der Waals surface area (Å²) in [5.41, 5.74) is 2.85. The van der Waals surface area contributed by atoms with Crippen LogP contribution in [0.3, 0.4) is 0 Å². The van der Waals surface area contributed by atoms with Gasteiger partial charge in [-0.3, -0.25) is 4.79 Å². The number of carbonyl (C=O) groups excluding carboxylic acids is 1. The van der Waals surface area contributed by atoms with E-state index in [0.29, 0.717) is 0 Å². The number of aliphatic hydroxyl groups excluding tert-OH is 1. The van der Waals surface area contributed by atoms with Crippen molar-refractivity contribution >= 4 is 11.6 Å². The Morgan fingerprint density at radius 2 is 2.40 bits per heavy atom. The van der Waals surface area contributed by atoms with Crippen molar-refractivity contribution in [2.24, 2.45) is 0 Å². The summed E-state index contributed by atoms with van der Waals surface area (Å²) in [6.07, 6.45) is 2.54. The van der Waals surface area contributed by atoms with Gasteiger partial charge in [-0.15, -0.1) is 0 Å². The summed E-state index contributed by atoms with van der Waals surface area (Å²) < 4.78 is 0. The van der Waals surface area contributed by atoms with Crippen molar-refractivity contribution in [1.82, 2.24) is 0 Å². The highest BCUT2D eigenvalue weighted by atomic mass is 16.3. The Bertz CT molecular complexity index is 412. The second kappa shape index (κ2) is 3.87. The highest BCUT2D eigenvalue weighted by molar-refractivity contribution is 5.98. The first-order valence-electron chi connectivity index (χ1n) is 4.95. The smallest absolute Gasteiger partial charge is 0.247 e. The standard InChI is InChI=1S/C12H13NO2/c1-2-12(15)13-9-4-5-10-8(7-9)3-6-11(10)14/h2,4-5,7,11,14H,1,3,6H2,(H,13,15). The fourth-order valence-electron chi connectivity index (χ4n) is 1.87. The van der Waals surface area contributed by atoms with E-state index in [1.807, 2.05) is 12.1 Å². The van der Waals surface area contributed by atoms with Gasteiger partial charge in [-0.2, -0.15) is 0 Å². The molecule has 15 heavy (non-hydrogen) atoms. The van der Waals surface area contributed by atoms with Gasteiger partial charge >= 0.3 is 0 Å². The Labute approximate surface area is 88.4 Å². The molecule has 1 amide bonds. The summed E-state index contributed by atoms with van der Waals surface area (Å²) in [5, 5.41) is 12.3. The fraction of sp³-hybridized carbons (Fsp3) is 0.250. The van der Waals surface area contributed by atoms with Gasteiger partial charge in [0.1, 0.15) is 0 Å². The molecule has 0 saturated carbocycles. The molecule has 3 heteroatoms. The van der Waals surface area contributed by atoms with E-state index in [2.05, 4.69) is 11.9 Å². The van der Waals surface area contributed by atoms with Crippen LogP contribution < -0.4 is 5.32 Å². The minimum absolute atomic E-state index is 0.214. The first kappa shape index (κ1) is 9.93. The molecule has 1 aliphatic carbocycles. The molecule has 0 aromatic heterocycles. The predicted molar refractivity (Wildman–Crippen MR) is 58.5 cm³/mol. The number of aryl methyl sites for hydroxylation is 1. The van der Waals surface area contributed by atoms with Crippen molar-refractivity contribution in [3.63, 3.8) is 0 Å². The predicted octanol–water partition coefficient (Wildman–Crippen LogP) is 1.79. The lowest BCUT2D eigenvalue weighted by atomic mass is 10.1. The van der Waals surface area contributed by atoms with Crippen LogP contribution in [0.2, 0.25) is 0 Å². The molecule has 0 bridgehead atoms. The molecule has 0 spiro atoms. The molecule has 0 saturated heterocycles. The van der Waals surface area contributed by atoms with Crippen molar-refractivity contribution in [3.05, 3.63) is 42.0 Å². The molecule has 1 aromatic rings. The lowest BCUT2D eigenvalue weighted by molar-refractivity contribution is -0.111. The van der Waals surface area contributed by atoms with E-state index in [9.17, 15) is 9.90 Å². The maximum Gasteiger partial charge on any atom is 0.247 e. The van der Waals surface area contributed by atoms with Crippen molar-refractivity contribution in [2.75, 3.05) is 5.32 Å². The SMILES string of the molecule is C=CC(=O)Nc1ccc2c(c1)CCC2O. The van der Waals surface area contributed by atoms with Gasteiger partial charge in [-0.1, -0.05) is 12.6 Å². The van der Waals surface area contributed by atoms with E-state index >= 15 is 0 Å². The van der Waals surface area contributed by atoms with Gasteiger partial charge in [0.2, 0.25) is 5.91 Å². The molecule has 0 fully saturated rings. The van der Waals surface area contributed by atoms with E-state index in [4.69, 9.17) is 0 Å². The number of hydrogen-bond donors (Lipinski definition) is 2. The third kappa shape index (κ3) is 1.92. The zero-order valence-electron chi connectivity index (χ0n) is 8.36.